The number of nitrogens with zero attached hydrogens (tertiary/aromatic N) is 1. The third-order valence-electron chi connectivity index (χ3n) is 3.91. The minimum atomic E-state index is -0.352. The van der Waals surface area contributed by atoms with Gasteiger partial charge in [0.1, 0.15) is 5.82 Å². The van der Waals surface area contributed by atoms with Crippen molar-refractivity contribution in [1.82, 2.24) is 10.3 Å². The number of aromatic nitrogens is 1. The van der Waals surface area contributed by atoms with E-state index in [0.29, 0.717) is 30.3 Å². The lowest BCUT2D eigenvalue weighted by atomic mass is 10.0. The van der Waals surface area contributed by atoms with Gasteiger partial charge in [-0.15, -0.1) is 0 Å². The summed E-state index contributed by atoms with van der Waals surface area (Å²) in [7, 11) is 0. The normalized spacial score (nSPS) is 16.0. The van der Waals surface area contributed by atoms with Crippen LogP contribution in [-0.2, 0) is 0 Å². The fraction of sp³-hybridized carbons (Fsp3) is 0.333. The first kappa shape index (κ1) is 16.2. The monoisotopic (exact) mass is 329 g/mol. The Kier molecular flexibility index (Phi) is 4.93. The molecule has 0 radical (unpaired) electrons. The highest BCUT2D eigenvalue weighted by Gasteiger charge is 2.24. The van der Waals surface area contributed by atoms with Crippen LogP contribution < -0.4 is 15.4 Å². The van der Waals surface area contributed by atoms with Gasteiger partial charge in [0, 0.05) is 24.7 Å². The third kappa shape index (κ3) is 3.48. The number of halogens is 1. The molecule has 1 aromatic heterocycles. The maximum atomic E-state index is 13.8. The van der Waals surface area contributed by atoms with Gasteiger partial charge in [-0.05, 0) is 24.6 Å². The molecular formula is C18H20FN3O2. The zero-order valence-electron chi connectivity index (χ0n) is 13.5. The molecule has 2 heterocycles. The third-order valence-corrected chi connectivity index (χ3v) is 3.91. The molecule has 1 amide bonds. The van der Waals surface area contributed by atoms with Gasteiger partial charge in [0.15, 0.2) is 11.6 Å². The highest BCUT2D eigenvalue weighted by molar-refractivity contribution is 5.94. The van der Waals surface area contributed by atoms with Gasteiger partial charge in [-0.2, -0.15) is 0 Å². The summed E-state index contributed by atoms with van der Waals surface area (Å²) in [6, 6.07) is 8.33. The van der Waals surface area contributed by atoms with Crippen LogP contribution in [0.25, 0.3) is 0 Å². The first-order valence-corrected chi connectivity index (χ1v) is 8.11. The van der Waals surface area contributed by atoms with Gasteiger partial charge in [0.05, 0.1) is 18.2 Å². The van der Waals surface area contributed by atoms with Crippen LogP contribution in [0.4, 0.5) is 10.2 Å². The van der Waals surface area contributed by atoms with E-state index in [2.05, 4.69) is 15.6 Å². The number of para-hydroxylation sites is 1. The number of ether oxygens (including phenoxy) is 1. The molecule has 0 saturated carbocycles. The molecule has 1 aliphatic heterocycles. The average Bonchev–Trinajstić information content (AvgIpc) is 2.61. The summed E-state index contributed by atoms with van der Waals surface area (Å²) in [5, 5.41) is 6.10. The molecule has 0 unspecified atom stereocenters. The largest absolute Gasteiger partial charge is 0.490 e. The Morgan fingerprint density at radius 2 is 2.25 bits per heavy atom. The van der Waals surface area contributed by atoms with Crippen molar-refractivity contribution in [3.63, 3.8) is 0 Å². The fourth-order valence-electron chi connectivity index (χ4n) is 2.67. The Labute approximate surface area is 140 Å². The van der Waals surface area contributed by atoms with Crippen molar-refractivity contribution in [2.24, 2.45) is 0 Å². The fourth-order valence-corrected chi connectivity index (χ4v) is 2.67. The molecule has 2 N–H and O–H groups in total. The number of rotatable bonds is 5. The van der Waals surface area contributed by atoms with Crippen molar-refractivity contribution < 1.29 is 13.9 Å². The summed E-state index contributed by atoms with van der Waals surface area (Å²) >= 11 is 0. The molecule has 0 bridgehead atoms. The molecule has 1 aliphatic rings. The van der Waals surface area contributed by atoms with Crippen LogP contribution in [0.15, 0.2) is 36.5 Å². The van der Waals surface area contributed by atoms with Crippen molar-refractivity contribution in [3.8, 4) is 5.75 Å². The highest BCUT2D eigenvalue weighted by atomic mass is 19.1. The minimum Gasteiger partial charge on any atom is -0.490 e. The molecule has 3 rings (SSSR count). The Morgan fingerprint density at radius 3 is 3.00 bits per heavy atom. The Hall–Kier alpha value is -2.63. The van der Waals surface area contributed by atoms with Crippen molar-refractivity contribution in [2.75, 3.05) is 18.5 Å². The topological polar surface area (TPSA) is 63.2 Å². The van der Waals surface area contributed by atoms with Gasteiger partial charge in [0.25, 0.3) is 5.91 Å². The van der Waals surface area contributed by atoms with Crippen LogP contribution in [0.5, 0.6) is 5.75 Å². The Bertz CT molecular complexity index is 719. The smallest absolute Gasteiger partial charge is 0.252 e. The number of nitrogens with one attached hydrogen (secondary N) is 2. The van der Waals surface area contributed by atoms with Gasteiger partial charge in [-0.3, -0.25) is 4.79 Å². The van der Waals surface area contributed by atoms with E-state index in [0.717, 1.165) is 18.4 Å². The number of pyridine rings is 1. The van der Waals surface area contributed by atoms with E-state index in [1.165, 1.54) is 6.07 Å². The average molecular weight is 329 g/mol. The lowest BCUT2D eigenvalue weighted by Crippen LogP contribution is -2.24. The van der Waals surface area contributed by atoms with E-state index >= 15 is 0 Å². The standard InChI is InChI=1S/C18H20FN3O2/c1-2-9-20-18(23)12-6-7-16(21-11-12)22-15-8-10-24-17-13(15)4-3-5-14(17)19/h3-7,11,15H,2,8-10H2,1H3,(H,20,23)(H,21,22)/t15-/m0/s1. The van der Waals surface area contributed by atoms with E-state index in [-0.39, 0.29) is 17.8 Å². The van der Waals surface area contributed by atoms with Gasteiger partial charge in [0.2, 0.25) is 0 Å². The summed E-state index contributed by atoms with van der Waals surface area (Å²) in [5.74, 6) is 0.463. The van der Waals surface area contributed by atoms with E-state index in [1.54, 1.807) is 24.4 Å². The molecule has 0 spiro atoms. The van der Waals surface area contributed by atoms with Gasteiger partial charge < -0.3 is 15.4 Å². The molecular weight excluding hydrogens is 309 g/mol. The molecule has 0 fully saturated rings. The van der Waals surface area contributed by atoms with Crippen molar-refractivity contribution in [3.05, 3.63) is 53.5 Å². The quantitative estimate of drug-likeness (QED) is 0.883. The number of amides is 1. The van der Waals surface area contributed by atoms with Gasteiger partial charge in [-0.25, -0.2) is 9.37 Å². The van der Waals surface area contributed by atoms with Crippen molar-refractivity contribution >= 4 is 11.7 Å². The SMILES string of the molecule is CCCNC(=O)c1ccc(N[C@H]2CCOc3c(F)cccc32)nc1. The summed E-state index contributed by atoms with van der Waals surface area (Å²) in [4.78, 5) is 16.2. The lowest BCUT2D eigenvalue weighted by Gasteiger charge is -2.27. The molecule has 0 aliphatic carbocycles. The number of hydrogen-bond donors (Lipinski definition) is 2. The summed E-state index contributed by atoms with van der Waals surface area (Å²) in [6.07, 6.45) is 3.15. The number of carbonyl (C=O) groups excluding carboxylic acids is 1. The van der Waals surface area contributed by atoms with Crippen LogP contribution in [0, 0.1) is 5.82 Å². The second kappa shape index (κ2) is 7.29. The summed E-state index contributed by atoms with van der Waals surface area (Å²) in [5.41, 5.74) is 1.31. The van der Waals surface area contributed by atoms with Crippen molar-refractivity contribution in [2.45, 2.75) is 25.8 Å². The van der Waals surface area contributed by atoms with Crippen LogP contribution in [0.3, 0.4) is 0 Å². The molecule has 1 aromatic carbocycles. The molecule has 126 valence electrons. The van der Waals surface area contributed by atoms with Crippen LogP contribution in [0.1, 0.15) is 41.7 Å². The van der Waals surface area contributed by atoms with E-state index in [9.17, 15) is 9.18 Å². The highest BCUT2D eigenvalue weighted by Crippen LogP contribution is 2.35. The number of carbonyl (C=O) groups is 1. The van der Waals surface area contributed by atoms with Crippen LogP contribution in [-0.4, -0.2) is 24.0 Å². The molecule has 2 aromatic rings. The zero-order chi connectivity index (χ0) is 16.9. The molecule has 1 atom stereocenters. The maximum absolute atomic E-state index is 13.8. The number of anilines is 1. The predicted molar refractivity (Wildman–Crippen MR) is 89.7 cm³/mol. The molecule has 24 heavy (non-hydrogen) atoms. The number of hydrogen-bond acceptors (Lipinski definition) is 4. The van der Waals surface area contributed by atoms with Crippen LogP contribution >= 0.6 is 0 Å². The summed E-state index contributed by atoms with van der Waals surface area (Å²) < 4.78 is 19.2. The number of benzene rings is 1. The second-order valence-corrected chi connectivity index (χ2v) is 5.68. The van der Waals surface area contributed by atoms with Crippen molar-refractivity contribution in [1.29, 1.82) is 0 Å². The Morgan fingerprint density at radius 1 is 1.38 bits per heavy atom. The van der Waals surface area contributed by atoms with E-state index in [4.69, 9.17) is 4.74 Å². The van der Waals surface area contributed by atoms with E-state index in [1.807, 2.05) is 13.0 Å². The number of fused-ring (bicyclic) bond motifs is 1. The van der Waals surface area contributed by atoms with Crippen LogP contribution in [0.2, 0.25) is 0 Å². The first-order chi connectivity index (χ1) is 11.7. The Balaban J connectivity index is 1.72. The molecule has 5 nitrogen and oxygen atoms in total. The minimum absolute atomic E-state index is 0.0725. The first-order valence-electron chi connectivity index (χ1n) is 8.11. The molecule has 6 heteroatoms. The zero-order valence-corrected chi connectivity index (χ0v) is 13.5. The predicted octanol–water partition coefficient (Wildman–Crippen LogP) is 3.30. The van der Waals surface area contributed by atoms with Gasteiger partial charge >= 0.3 is 0 Å². The van der Waals surface area contributed by atoms with E-state index < -0.39 is 0 Å². The lowest BCUT2D eigenvalue weighted by molar-refractivity contribution is 0.0953. The summed E-state index contributed by atoms with van der Waals surface area (Å²) in [6.45, 7) is 3.09. The molecule has 0 saturated heterocycles. The van der Waals surface area contributed by atoms with Gasteiger partial charge in [-0.1, -0.05) is 19.1 Å². The second-order valence-electron chi connectivity index (χ2n) is 5.68. The maximum Gasteiger partial charge on any atom is 0.252 e.